The van der Waals surface area contributed by atoms with E-state index in [4.69, 9.17) is 14.7 Å². The lowest BCUT2D eigenvalue weighted by atomic mass is 9.98. The molecule has 0 aromatic rings. The molecule has 0 rings (SSSR count). The molecule has 0 heterocycles. The highest BCUT2D eigenvalue weighted by molar-refractivity contribution is 5.03. The van der Waals surface area contributed by atoms with Gasteiger partial charge in [0.2, 0.25) is 0 Å². The van der Waals surface area contributed by atoms with E-state index < -0.39 is 5.54 Å². The third kappa shape index (κ3) is 8.14. The number of nitriles is 1. The summed E-state index contributed by atoms with van der Waals surface area (Å²) in [4.78, 5) is 0. The van der Waals surface area contributed by atoms with E-state index in [1.807, 2.05) is 13.8 Å². The normalized spacial score (nSPS) is 16.2. The molecule has 17 heavy (non-hydrogen) atoms. The first-order valence-corrected chi connectivity index (χ1v) is 6.34. The third-order valence-electron chi connectivity index (χ3n) is 2.64. The topological polar surface area (TPSA) is 54.3 Å². The van der Waals surface area contributed by atoms with E-state index in [2.05, 4.69) is 18.3 Å². The van der Waals surface area contributed by atoms with Gasteiger partial charge in [0.1, 0.15) is 5.54 Å². The minimum Gasteiger partial charge on any atom is -0.382 e. The molecule has 0 amide bonds. The molecule has 0 bridgehead atoms. The van der Waals surface area contributed by atoms with E-state index in [-0.39, 0.29) is 6.10 Å². The van der Waals surface area contributed by atoms with Crippen LogP contribution in [0.15, 0.2) is 0 Å². The van der Waals surface area contributed by atoms with Gasteiger partial charge in [-0.3, -0.25) is 5.32 Å². The zero-order valence-corrected chi connectivity index (χ0v) is 11.6. The van der Waals surface area contributed by atoms with Crippen molar-refractivity contribution in [2.75, 3.05) is 26.9 Å². The number of nitrogens with zero attached hydrogens (tertiary/aromatic N) is 1. The van der Waals surface area contributed by atoms with Gasteiger partial charge in [0.05, 0.1) is 18.8 Å². The molecule has 4 heteroatoms. The lowest BCUT2D eigenvalue weighted by Gasteiger charge is -2.23. The largest absolute Gasteiger partial charge is 0.382 e. The Kier molecular flexibility index (Phi) is 9.06. The fourth-order valence-electron chi connectivity index (χ4n) is 1.58. The average Bonchev–Trinajstić information content (AvgIpc) is 2.32. The van der Waals surface area contributed by atoms with E-state index in [0.29, 0.717) is 13.2 Å². The molecule has 4 nitrogen and oxygen atoms in total. The van der Waals surface area contributed by atoms with Crippen molar-refractivity contribution in [1.82, 2.24) is 5.32 Å². The fraction of sp³-hybridized carbons (Fsp3) is 0.923. The second kappa shape index (κ2) is 9.41. The molecule has 2 unspecified atom stereocenters. The molecule has 100 valence electrons. The van der Waals surface area contributed by atoms with Gasteiger partial charge in [0.15, 0.2) is 0 Å². The van der Waals surface area contributed by atoms with Gasteiger partial charge >= 0.3 is 0 Å². The van der Waals surface area contributed by atoms with Crippen LogP contribution < -0.4 is 5.32 Å². The van der Waals surface area contributed by atoms with E-state index in [9.17, 15) is 0 Å². The molecule has 0 aliphatic rings. The van der Waals surface area contributed by atoms with E-state index in [1.54, 1.807) is 7.11 Å². The Bertz CT molecular complexity index is 228. The average molecular weight is 242 g/mol. The van der Waals surface area contributed by atoms with Crippen molar-refractivity contribution < 1.29 is 9.47 Å². The fourth-order valence-corrected chi connectivity index (χ4v) is 1.58. The second-order valence-electron chi connectivity index (χ2n) is 4.61. The maximum atomic E-state index is 9.13. The van der Waals surface area contributed by atoms with Crippen molar-refractivity contribution in [3.8, 4) is 6.07 Å². The highest BCUT2D eigenvalue weighted by Crippen LogP contribution is 2.11. The first kappa shape index (κ1) is 16.4. The van der Waals surface area contributed by atoms with Crippen LogP contribution in [0, 0.1) is 11.3 Å². The zero-order chi connectivity index (χ0) is 13.1. The molecule has 0 aliphatic heterocycles. The maximum absolute atomic E-state index is 9.13. The van der Waals surface area contributed by atoms with Crippen molar-refractivity contribution in [2.24, 2.45) is 0 Å². The van der Waals surface area contributed by atoms with Crippen molar-refractivity contribution in [3.05, 3.63) is 0 Å². The Morgan fingerprint density at radius 3 is 2.71 bits per heavy atom. The van der Waals surface area contributed by atoms with Crippen LogP contribution in [-0.2, 0) is 9.47 Å². The molecule has 0 saturated carbocycles. The first-order chi connectivity index (χ1) is 8.08. The molecular weight excluding hydrogens is 216 g/mol. The smallest absolute Gasteiger partial charge is 0.104 e. The first-order valence-electron chi connectivity index (χ1n) is 6.34. The van der Waals surface area contributed by atoms with Crippen molar-refractivity contribution in [3.63, 3.8) is 0 Å². The summed E-state index contributed by atoms with van der Waals surface area (Å²) in [6.07, 6.45) is 2.85. The van der Waals surface area contributed by atoms with Gasteiger partial charge in [-0.15, -0.1) is 0 Å². The molecule has 0 aliphatic carbocycles. The Balaban J connectivity index is 3.73. The molecule has 0 spiro atoms. The predicted molar refractivity (Wildman–Crippen MR) is 68.8 cm³/mol. The maximum Gasteiger partial charge on any atom is 0.104 e. The molecule has 0 fully saturated rings. The number of rotatable bonds is 10. The van der Waals surface area contributed by atoms with Crippen molar-refractivity contribution >= 4 is 0 Å². The predicted octanol–water partition coefficient (Wildman–Crippen LogP) is 2.10. The number of ether oxygens (including phenoxy) is 2. The van der Waals surface area contributed by atoms with Crippen LogP contribution in [0.4, 0.5) is 0 Å². The third-order valence-corrected chi connectivity index (χ3v) is 2.64. The van der Waals surface area contributed by atoms with Gasteiger partial charge < -0.3 is 9.47 Å². The molecule has 0 radical (unpaired) electrons. The van der Waals surface area contributed by atoms with Gasteiger partial charge in [-0.2, -0.15) is 5.26 Å². The van der Waals surface area contributed by atoms with Crippen LogP contribution >= 0.6 is 0 Å². The van der Waals surface area contributed by atoms with Gasteiger partial charge in [-0.25, -0.2) is 0 Å². The molecule has 0 saturated heterocycles. The summed E-state index contributed by atoms with van der Waals surface area (Å²) in [5.41, 5.74) is -0.427. The van der Waals surface area contributed by atoms with Gasteiger partial charge in [0, 0.05) is 13.7 Å². The van der Waals surface area contributed by atoms with Crippen molar-refractivity contribution in [2.45, 2.75) is 51.7 Å². The van der Waals surface area contributed by atoms with Crippen LogP contribution in [-0.4, -0.2) is 38.5 Å². The number of methoxy groups -OCH3 is 1. The van der Waals surface area contributed by atoms with E-state index in [0.717, 1.165) is 25.8 Å². The Morgan fingerprint density at radius 2 is 2.18 bits per heavy atom. The zero-order valence-electron chi connectivity index (χ0n) is 11.6. The lowest BCUT2D eigenvalue weighted by Crippen LogP contribution is -2.41. The van der Waals surface area contributed by atoms with Gasteiger partial charge in [-0.1, -0.05) is 6.92 Å². The minimum atomic E-state index is -0.427. The standard InChI is InChI=1S/C13H26N2O2/c1-5-8-15-13(3,11-14)7-6-9-17-12(2)10-16-4/h12,15H,5-10H2,1-4H3. The summed E-state index contributed by atoms with van der Waals surface area (Å²) >= 11 is 0. The van der Waals surface area contributed by atoms with Crippen LogP contribution in [0.5, 0.6) is 0 Å². The quantitative estimate of drug-likeness (QED) is 0.596. The molecule has 1 N–H and O–H groups in total. The highest BCUT2D eigenvalue weighted by atomic mass is 16.5. The number of nitrogens with one attached hydrogen (secondary N) is 1. The van der Waals surface area contributed by atoms with Crippen LogP contribution in [0.25, 0.3) is 0 Å². The van der Waals surface area contributed by atoms with E-state index >= 15 is 0 Å². The monoisotopic (exact) mass is 242 g/mol. The van der Waals surface area contributed by atoms with Crippen LogP contribution in [0.1, 0.15) is 40.0 Å². The van der Waals surface area contributed by atoms with Gasteiger partial charge in [0.25, 0.3) is 0 Å². The summed E-state index contributed by atoms with van der Waals surface area (Å²) < 4.78 is 10.6. The second-order valence-corrected chi connectivity index (χ2v) is 4.61. The Morgan fingerprint density at radius 1 is 1.47 bits per heavy atom. The summed E-state index contributed by atoms with van der Waals surface area (Å²) in [6, 6.07) is 2.34. The summed E-state index contributed by atoms with van der Waals surface area (Å²) in [7, 11) is 1.67. The Hall–Kier alpha value is -0.630. The SMILES string of the molecule is CCCNC(C)(C#N)CCCOC(C)COC. The summed E-state index contributed by atoms with van der Waals surface area (Å²) in [5.74, 6) is 0. The lowest BCUT2D eigenvalue weighted by molar-refractivity contribution is 0.00659. The van der Waals surface area contributed by atoms with Crippen molar-refractivity contribution in [1.29, 1.82) is 5.26 Å². The molecule has 0 aromatic heterocycles. The van der Waals surface area contributed by atoms with Gasteiger partial charge in [-0.05, 0) is 39.7 Å². The number of hydrogen-bond acceptors (Lipinski definition) is 4. The number of hydrogen-bond donors (Lipinski definition) is 1. The molecule has 0 aromatic carbocycles. The minimum absolute atomic E-state index is 0.122. The summed E-state index contributed by atoms with van der Waals surface area (Å²) in [5, 5.41) is 12.4. The highest BCUT2D eigenvalue weighted by Gasteiger charge is 2.21. The summed E-state index contributed by atoms with van der Waals surface area (Å²) in [6.45, 7) is 8.20. The Labute approximate surface area is 105 Å². The molecule has 2 atom stereocenters. The molecular formula is C13H26N2O2. The van der Waals surface area contributed by atoms with Crippen LogP contribution in [0.3, 0.4) is 0 Å². The van der Waals surface area contributed by atoms with Crippen LogP contribution in [0.2, 0.25) is 0 Å². The van der Waals surface area contributed by atoms with E-state index in [1.165, 1.54) is 0 Å².